The van der Waals surface area contributed by atoms with Crippen LogP contribution in [0.25, 0.3) is 61.4 Å². The van der Waals surface area contributed by atoms with Crippen molar-refractivity contribution in [3.05, 3.63) is 174 Å². The third-order valence-corrected chi connectivity index (χ3v) is 9.16. The summed E-state index contributed by atoms with van der Waals surface area (Å²) in [6.07, 6.45) is 13.3. The molecule has 5 aromatic carbocycles. The van der Waals surface area contributed by atoms with Crippen molar-refractivity contribution in [1.29, 1.82) is 0 Å². The number of allylic oxidation sites excluding steroid dienone is 1. The van der Waals surface area contributed by atoms with Gasteiger partial charge in [0.25, 0.3) is 0 Å². The van der Waals surface area contributed by atoms with E-state index in [9.17, 15) is 0 Å². The lowest BCUT2D eigenvalue weighted by Gasteiger charge is -2.28. The molecule has 0 bridgehead atoms. The minimum absolute atomic E-state index is 0.301. The molecule has 0 aliphatic heterocycles. The van der Waals surface area contributed by atoms with Gasteiger partial charge >= 0.3 is 0 Å². The molecule has 2 heteroatoms. The van der Waals surface area contributed by atoms with Crippen LogP contribution in [-0.2, 0) is 6.42 Å². The van der Waals surface area contributed by atoms with Gasteiger partial charge in [-0.05, 0) is 104 Å². The van der Waals surface area contributed by atoms with Gasteiger partial charge < -0.3 is 0 Å². The number of hydrogen-bond donors (Lipinski definition) is 0. The van der Waals surface area contributed by atoms with Crippen LogP contribution in [0.1, 0.15) is 28.2 Å². The predicted molar refractivity (Wildman–Crippen MR) is 188 cm³/mol. The fourth-order valence-electron chi connectivity index (χ4n) is 6.95. The Morgan fingerprint density at radius 1 is 0.556 bits per heavy atom. The van der Waals surface area contributed by atoms with Crippen LogP contribution in [0.5, 0.6) is 0 Å². The van der Waals surface area contributed by atoms with Crippen LogP contribution in [-0.4, -0.2) is 9.97 Å². The summed E-state index contributed by atoms with van der Waals surface area (Å²) in [5, 5.41) is 2.55. The molecular weight excluding hydrogens is 544 g/mol. The van der Waals surface area contributed by atoms with E-state index in [0.717, 1.165) is 17.5 Å². The molecule has 1 aliphatic rings. The summed E-state index contributed by atoms with van der Waals surface area (Å²) >= 11 is 0. The quantitative estimate of drug-likeness (QED) is 0.204. The van der Waals surface area contributed by atoms with Gasteiger partial charge in [0.1, 0.15) is 0 Å². The largest absolute Gasteiger partial charge is 0.264 e. The van der Waals surface area contributed by atoms with Gasteiger partial charge in [0.05, 0.1) is 0 Å². The topological polar surface area (TPSA) is 25.8 Å². The first kappa shape index (κ1) is 27.0. The molecule has 0 spiro atoms. The normalized spacial score (nSPS) is 13.9. The molecule has 1 atom stereocenters. The van der Waals surface area contributed by atoms with Crippen molar-refractivity contribution in [3.8, 4) is 44.5 Å². The number of benzene rings is 5. The maximum absolute atomic E-state index is 4.41. The van der Waals surface area contributed by atoms with Gasteiger partial charge in [-0.1, -0.05) is 109 Å². The monoisotopic (exact) mass is 576 g/mol. The number of rotatable bonds is 5. The summed E-state index contributed by atoms with van der Waals surface area (Å²) in [6, 6.07) is 43.9. The second kappa shape index (κ2) is 11.5. The van der Waals surface area contributed by atoms with Crippen molar-refractivity contribution in [2.75, 3.05) is 0 Å². The van der Waals surface area contributed by atoms with Crippen molar-refractivity contribution < 1.29 is 0 Å². The Morgan fingerprint density at radius 3 is 1.91 bits per heavy atom. The zero-order chi connectivity index (χ0) is 30.2. The van der Waals surface area contributed by atoms with Gasteiger partial charge in [-0.15, -0.1) is 0 Å². The van der Waals surface area contributed by atoms with Crippen molar-refractivity contribution in [1.82, 2.24) is 9.97 Å². The molecule has 1 aliphatic carbocycles. The van der Waals surface area contributed by atoms with Gasteiger partial charge in [-0.3, -0.25) is 9.97 Å². The standard InChI is InChI=1S/C43H32N2/c1-29-18-19-33(36-15-9-23-45-28-36)25-40(29)43-38-17-6-5-16-37(38)42(34-13-7-12-31(24-34)35-14-8-22-44-27-35)39-21-20-32(26-41(39)43)30-10-3-2-4-11-30/h2-25,27-28,32H,26H2,1H3. The molecule has 2 aromatic heterocycles. The Hall–Kier alpha value is -5.60. The lowest BCUT2D eigenvalue weighted by atomic mass is 9.75. The Morgan fingerprint density at radius 2 is 1.20 bits per heavy atom. The second-order valence-electron chi connectivity index (χ2n) is 11.9. The molecule has 2 heterocycles. The lowest BCUT2D eigenvalue weighted by Crippen LogP contribution is -2.10. The van der Waals surface area contributed by atoms with Crippen molar-refractivity contribution >= 4 is 16.8 Å². The maximum atomic E-state index is 4.41. The zero-order valence-electron chi connectivity index (χ0n) is 25.2. The molecule has 7 aromatic rings. The highest BCUT2D eigenvalue weighted by atomic mass is 14.6. The SMILES string of the molecule is Cc1ccc(-c2cccnc2)cc1-c1c2c(c(-c3cccc(-c4cccnc4)c3)c3ccccc13)C=CC(c1ccccc1)C2. The third kappa shape index (κ3) is 4.95. The molecule has 0 saturated heterocycles. The lowest BCUT2D eigenvalue weighted by molar-refractivity contribution is 0.830. The first-order valence-corrected chi connectivity index (χ1v) is 15.6. The first-order valence-electron chi connectivity index (χ1n) is 15.6. The van der Waals surface area contributed by atoms with Crippen LogP contribution >= 0.6 is 0 Å². The molecule has 214 valence electrons. The highest BCUT2D eigenvalue weighted by Gasteiger charge is 2.26. The number of aromatic nitrogens is 2. The van der Waals surface area contributed by atoms with Crippen molar-refractivity contribution in [2.24, 2.45) is 0 Å². The van der Waals surface area contributed by atoms with Gasteiger partial charge in [-0.25, -0.2) is 0 Å². The van der Waals surface area contributed by atoms with Gasteiger partial charge in [0, 0.05) is 41.8 Å². The molecule has 45 heavy (non-hydrogen) atoms. The van der Waals surface area contributed by atoms with Crippen LogP contribution in [0, 0.1) is 6.92 Å². The molecular formula is C43H32N2. The summed E-state index contributed by atoms with van der Waals surface area (Å²) < 4.78 is 0. The molecule has 0 fully saturated rings. The van der Waals surface area contributed by atoms with Gasteiger partial charge in [-0.2, -0.15) is 0 Å². The molecule has 8 rings (SSSR count). The Balaban J connectivity index is 1.42. The van der Waals surface area contributed by atoms with Crippen molar-refractivity contribution in [2.45, 2.75) is 19.3 Å². The van der Waals surface area contributed by atoms with Crippen LogP contribution in [0.3, 0.4) is 0 Å². The van der Waals surface area contributed by atoms with Crippen LogP contribution in [0.4, 0.5) is 0 Å². The molecule has 0 radical (unpaired) electrons. The van der Waals surface area contributed by atoms with E-state index in [1.165, 1.54) is 66.4 Å². The molecule has 0 amide bonds. The van der Waals surface area contributed by atoms with E-state index in [2.05, 4.69) is 138 Å². The van der Waals surface area contributed by atoms with Crippen LogP contribution in [0.15, 0.2) is 152 Å². The third-order valence-electron chi connectivity index (χ3n) is 9.16. The second-order valence-corrected chi connectivity index (χ2v) is 11.9. The van der Waals surface area contributed by atoms with Crippen LogP contribution < -0.4 is 0 Å². The van der Waals surface area contributed by atoms with Gasteiger partial charge in [0.15, 0.2) is 0 Å². The van der Waals surface area contributed by atoms with Crippen LogP contribution in [0.2, 0.25) is 0 Å². The minimum Gasteiger partial charge on any atom is -0.264 e. The minimum atomic E-state index is 0.301. The predicted octanol–water partition coefficient (Wildman–Crippen LogP) is 11.0. The zero-order valence-corrected chi connectivity index (χ0v) is 25.2. The van der Waals surface area contributed by atoms with E-state index >= 15 is 0 Å². The highest BCUT2D eigenvalue weighted by molar-refractivity contribution is 6.11. The summed E-state index contributed by atoms with van der Waals surface area (Å²) in [5.41, 5.74) is 15.1. The first-order chi connectivity index (χ1) is 22.2. The van der Waals surface area contributed by atoms with E-state index in [4.69, 9.17) is 0 Å². The molecule has 0 saturated carbocycles. The smallest absolute Gasteiger partial charge is 0.0346 e. The summed E-state index contributed by atoms with van der Waals surface area (Å²) in [6.45, 7) is 2.24. The van der Waals surface area contributed by atoms with Gasteiger partial charge in [0.2, 0.25) is 0 Å². The summed E-state index contributed by atoms with van der Waals surface area (Å²) in [4.78, 5) is 8.80. The highest BCUT2D eigenvalue weighted by Crippen LogP contribution is 2.48. The molecule has 2 nitrogen and oxygen atoms in total. The van der Waals surface area contributed by atoms with E-state index in [-0.39, 0.29) is 0 Å². The number of aryl methyl sites for hydroxylation is 1. The van der Waals surface area contributed by atoms with Crippen molar-refractivity contribution in [3.63, 3.8) is 0 Å². The number of pyridine rings is 2. The molecule has 0 N–H and O–H groups in total. The fraction of sp³-hybridized carbons (Fsp3) is 0.0698. The number of hydrogen-bond acceptors (Lipinski definition) is 2. The average molecular weight is 577 g/mol. The van der Waals surface area contributed by atoms with E-state index in [0.29, 0.717) is 5.92 Å². The summed E-state index contributed by atoms with van der Waals surface area (Å²) in [5.74, 6) is 0.301. The Bertz CT molecular complexity index is 2180. The fourth-order valence-corrected chi connectivity index (χ4v) is 6.95. The Labute approximate surface area is 264 Å². The Kier molecular flexibility index (Phi) is 6.88. The summed E-state index contributed by atoms with van der Waals surface area (Å²) in [7, 11) is 0. The van der Waals surface area contributed by atoms with E-state index in [1.54, 1.807) is 0 Å². The average Bonchev–Trinajstić information content (AvgIpc) is 3.12. The number of fused-ring (bicyclic) bond motifs is 2. The van der Waals surface area contributed by atoms with E-state index in [1.807, 2.05) is 36.9 Å². The molecule has 1 unspecified atom stereocenters. The maximum Gasteiger partial charge on any atom is 0.0346 e. The van der Waals surface area contributed by atoms with E-state index < -0.39 is 0 Å². The number of nitrogens with zero attached hydrogens (tertiary/aromatic N) is 2.